The first kappa shape index (κ1) is 19.6. The summed E-state index contributed by atoms with van der Waals surface area (Å²) in [5, 5.41) is 0. The SMILES string of the molecule is C=C(C)/C=C\C(=C)C(=C)/C=C(/F)C(=C)C(=C)/C=C\C(=C)CC. The fraction of sp³-hybridized carbons (Fsp3) is 0.143. The van der Waals surface area contributed by atoms with Gasteiger partial charge in [-0.25, -0.2) is 4.39 Å². The van der Waals surface area contributed by atoms with Crippen molar-refractivity contribution < 1.29 is 4.39 Å². The van der Waals surface area contributed by atoms with Crippen molar-refractivity contribution in [2.75, 3.05) is 0 Å². The van der Waals surface area contributed by atoms with Crippen molar-refractivity contribution in [2.24, 2.45) is 0 Å². The molecule has 0 saturated carbocycles. The summed E-state index contributed by atoms with van der Waals surface area (Å²) in [7, 11) is 0. The normalized spacial score (nSPS) is 11.7. The van der Waals surface area contributed by atoms with Gasteiger partial charge in [0.2, 0.25) is 0 Å². The second kappa shape index (κ2) is 9.51. The van der Waals surface area contributed by atoms with Gasteiger partial charge in [0, 0.05) is 5.57 Å². The molecule has 0 aromatic carbocycles. The molecule has 22 heavy (non-hydrogen) atoms. The Morgan fingerprint density at radius 1 is 0.818 bits per heavy atom. The zero-order valence-electron chi connectivity index (χ0n) is 13.7. The van der Waals surface area contributed by atoms with E-state index in [2.05, 4.69) is 39.5 Å². The molecule has 0 rings (SSSR count). The van der Waals surface area contributed by atoms with Gasteiger partial charge in [-0.15, -0.1) is 0 Å². The molecule has 0 unspecified atom stereocenters. The Kier molecular flexibility index (Phi) is 8.47. The maximum absolute atomic E-state index is 14.2. The van der Waals surface area contributed by atoms with Crippen LogP contribution in [0, 0.1) is 0 Å². The zero-order valence-corrected chi connectivity index (χ0v) is 13.7. The van der Waals surface area contributed by atoms with E-state index in [0.29, 0.717) is 16.7 Å². The molecule has 0 aliphatic rings. The van der Waals surface area contributed by atoms with Crippen molar-refractivity contribution in [3.63, 3.8) is 0 Å². The van der Waals surface area contributed by atoms with Gasteiger partial charge >= 0.3 is 0 Å². The lowest BCUT2D eigenvalue weighted by atomic mass is 10.0. The first-order chi connectivity index (χ1) is 10.2. The molecule has 0 spiro atoms. The second-order valence-electron chi connectivity index (χ2n) is 5.07. The van der Waals surface area contributed by atoms with Crippen molar-refractivity contribution in [3.8, 4) is 0 Å². The highest BCUT2D eigenvalue weighted by Crippen LogP contribution is 2.22. The van der Waals surface area contributed by atoms with Gasteiger partial charge < -0.3 is 0 Å². The minimum absolute atomic E-state index is 0.220. The van der Waals surface area contributed by atoms with Gasteiger partial charge in [-0.2, -0.15) is 0 Å². The summed E-state index contributed by atoms with van der Waals surface area (Å²) in [5.74, 6) is -0.480. The van der Waals surface area contributed by atoms with Crippen LogP contribution in [-0.4, -0.2) is 0 Å². The predicted molar refractivity (Wildman–Crippen MR) is 98.3 cm³/mol. The molecule has 0 nitrogen and oxygen atoms in total. The number of hydrogen-bond acceptors (Lipinski definition) is 0. The third-order valence-electron chi connectivity index (χ3n) is 2.93. The van der Waals surface area contributed by atoms with E-state index in [1.165, 1.54) is 6.08 Å². The Morgan fingerprint density at radius 2 is 1.36 bits per heavy atom. The highest BCUT2D eigenvalue weighted by atomic mass is 19.1. The molecule has 0 aromatic heterocycles. The van der Waals surface area contributed by atoms with E-state index < -0.39 is 5.83 Å². The average molecular weight is 296 g/mol. The van der Waals surface area contributed by atoms with Gasteiger partial charge in [-0.05, 0) is 36.1 Å². The second-order valence-corrected chi connectivity index (χ2v) is 5.07. The molecular weight excluding hydrogens is 271 g/mol. The molecule has 0 amide bonds. The Morgan fingerprint density at radius 3 is 1.86 bits per heavy atom. The van der Waals surface area contributed by atoms with Crippen molar-refractivity contribution in [1.82, 2.24) is 0 Å². The lowest BCUT2D eigenvalue weighted by molar-refractivity contribution is 0.655. The van der Waals surface area contributed by atoms with Crippen LogP contribution in [0.5, 0.6) is 0 Å². The van der Waals surface area contributed by atoms with Crippen LogP contribution in [0.4, 0.5) is 4.39 Å². The van der Waals surface area contributed by atoms with E-state index >= 15 is 0 Å². The molecule has 0 aliphatic heterocycles. The third kappa shape index (κ3) is 7.39. The van der Waals surface area contributed by atoms with E-state index in [-0.39, 0.29) is 5.57 Å². The fourth-order valence-corrected chi connectivity index (χ4v) is 1.27. The van der Waals surface area contributed by atoms with Gasteiger partial charge in [-0.3, -0.25) is 0 Å². The summed E-state index contributed by atoms with van der Waals surface area (Å²) >= 11 is 0. The minimum atomic E-state index is -0.480. The van der Waals surface area contributed by atoms with E-state index in [9.17, 15) is 4.39 Å². The molecule has 0 heterocycles. The smallest absolute Gasteiger partial charge is 0.131 e. The Hall–Kier alpha value is -2.41. The highest BCUT2D eigenvalue weighted by molar-refractivity contribution is 5.52. The molecule has 0 saturated heterocycles. The van der Waals surface area contributed by atoms with Crippen LogP contribution in [0.3, 0.4) is 0 Å². The molecule has 0 N–H and O–H groups in total. The minimum Gasteiger partial charge on any atom is -0.206 e. The van der Waals surface area contributed by atoms with Crippen LogP contribution < -0.4 is 0 Å². The summed E-state index contributed by atoms with van der Waals surface area (Å²) in [6.45, 7) is 26.6. The van der Waals surface area contributed by atoms with Gasteiger partial charge in [0.1, 0.15) is 5.83 Å². The Bertz CT molecular complexity index is 604. The topological polar surface area (TPSA) is 0 Å². The van der Waals surface area contributed by atoms with E-state index in [4.69, 9.17) is 0 Å². The van der Waals surface area contributed by atoms with Gasteiger partial charge in [0.15, 0.2) is 0 Å². The summed E-state index contributed by atoms with van der Waals surface area (Å²) in [4.78, 5) is 0. The molecule has 116 valence electrons. The summed E-state index contributed by atoms with van der Waals surface area (Å²) in [6, 6.07) is 0. The van der Waals surface area contributed by atoms with Crippen LogP contribution in [-0.2, 0) is 0 Å². The summed E-state index contributed by atoms with van der Waals surface area (Å²) < 4.78 is 14.2. The van der Waals surface area contributed by atoms with Crippen LogP contribution in [0.2, 0.25) is 0 Å². The lowest BCUT2D eigenvalue weighted by Gasteiger charge is -2.05. The van der Waals surface area contributed by atoms with Crippen LogP contribution in [0.1, 0.15) is 20.3 Å². The third-order valence-corrected chi connectivity index (χ3v) is 2.93. The molecule has 0 radical (unpaired) electrons. The molecule has 0 atom stereocenters. The van der Waals surface area contributed by atoms with Crippen molar-refractivity contribution in [2.45, 2.75) is 20.3 Å². The van der Waals surface area contributed by atoms with Crippen molar-refractivity contribution in [1.29, 1.82) is 0 Å². The number of hydrogen-bond donors (Lipinski definition) is 0. The number of allylic oxidation sites excluding steroid dienone is 12. The van der Waals surface area contributed by atoms with E-state index in [0.717, 1.165) is 17.6 Å². The summed E-state index contributed by atoms with van der Waals surface area (Å²) in [6.07, 6.45) is 9.20. The predicted octanol–water partition coefficient (Wildman–Crippen LogP) is 6.72. The lowest BCUT2D eigenvalue weighted by Crippen LogP contribution is -1.88. The molecule has 1 heteroatoms. The van der Waals surface area contributed by atoms with Crippen LogP contribution >= 0.6 is 0 Å². The largest absolute Gasteiger partial charge is 0.206 e. The average Bonchev–Trinajstić information content (AvgIpc) is 2.48. The molecule has 0 fully saturated rings. The Labute approximate surface area is 134 Å². The maximum atomic E-state index is 14.2. The molecule has 0 aromatic rings. The highest BCUT2D eigenvalue weighted by Gasteiger charge is 2.05. The number of rotatable bonds is 9. The van der Waals surface area contributed by atoms with Crippen molar-refractivity contribution >= 4 is 0 Å². The summed E-state index contributed by atoms with van der Waals surface area (Å²) in [5.41, 5.74) is 3.65. The zero-order chi connectivity index (χ0) is 17.3. The quantitative estimate of drug-likeness (QED) is 0.414. The van der Waals surface area contributed by atoms with E-state index in [1.807, 2.05) is 19.9 Å². The number of halogens is 1. The Balaban J connectivity index is 4.94. The first-order valence-corrected chi connectivity index (χ1v) is 7.02. The van der Waals surface area contributed by atoms with Gasteiger partial charge in [-0.1, -0.05) is 81.8 Å². The molecular formula is C21H25F. The van der Waals surface area contributed by atoms with Crippen LogP contribution in [0.25, 0.3) is 0 Å². The monoisotopic (exact) mass is 296 g/mol. The van der Waals surface area contributed by atoms with E-state index in [1.54, 1.807) is 18.2 Å². The van der Waals surface area contributed by atoms with Gasteiger partial charge in [0.25, 0.3) is 0 Å². The first-order valence-electron chi connectivity index (χ1n) is 7.02. The van der Waals surface area contributed by atoms with Gasteiger partial charge in [0.05, 0.1) is 0 Å². The standard InChI is InChI=1S/C21H25F/c1-9-16(4)11-13-18(6)20(8)21(22)14-19(7)17(5)12-10-15(2)3/h10-14H,2,4-9H2,1,3H3/b12-10-,13-11-,21-14+. The fourth-order valence-electron chi connectivity index (χ4n) is 1.27. The molecule has 0 aliphatic carbocycles. The van der Waals surface area contributed by atoms with Crippen LogP contribution in [0.15, 0.2) is 109 Å². The molecule has 0 bridgehead atoms. The van der Waals surface area contributed by atoms with Crippen molar-refractivity contribution in [3.05, 3.63) is 109 Å². The maximum Gasteiger partial charge on any atom is 0.131 e.